The Morgan fingerprint density at radius 1 is 1.03 bits per heavy atom. The van der Waals surface area contributed by atoms with Gasteiger partial charge in [0.15, 0.2) is 11.2 Å². The molecule has 0 unspecified atom stereocenters. The van der Waals surface area contributed by atoms with Crippen molar-refractivity contribution in [2.45, 2.75) is 26.3 Å². The summed E-state index contributed by atoms with van der Waals surface area (Å²) < 4.78 is 2.20. The highest BCUT2D eigenvalue weighted by atomic mass is 79.9. The number of halogens is 1. The molecule has 164 valence electrons. The van der Waals surface area contributed by atoms with Crippen LogP contribution in [-0.2, 0) is 13.0 Å². The topological polar surface area (TPSA) is 115 Å². The third-order valence-corrected chi connectivity index (χ3v) is 5.69. The predicted octanol–water partition coefficient (Wildman–Crippen LogP) is 3.80. The van der Waals surface area contributed by atoms with Gasteiger partial charge in [-0.25, -0.2) is 15.0 Å². The molecule has 10 heteroatoms. The van der Waals surface area contributed by atoms with Crippen molar-refractivity contribution in [3.63, 3.8) is 0 Å². The number of fused-ring (bicyclic) bond motifs is 1. The number of nitrogens with zero attached hydrogens (tertiary/aromatic N) is 7. The highest BCUT2D eigenvalue weighted by Gasteiger charge is 2.14. The van der Waals surface area contributed by atoms with E-state index in [1.54, 1.807) is 10.8 Å². The lowest BCUT2D eigenvalue weighted by Gasteiger charge is -2.13. The van der Waals surface area contributed by atoms with Crippen LogP contribution in [0.25, 0.3) is 33.7 Å². The minimum absolute atomic E-state index is 0.191. The smallest absolute Gasteiger partial charge is 0.282 e. The van der Waals surface area contributed by atoms with E-state index in [9.17, 15) is 4.79 Å². The van der Waals surface area contributed by atoms with Crippen molar-refractivity contribution in [2.75, 3.05) is 0 Å². The van der Waals surface area contributed by atoms with Crippen molar-refractivity contribution in [2.24, 2.45) is 0 Å². The highest BCUT2D eigenvalue weighted by molar-refractivity contribution is 9.10. The molecule has 1 N–H and O–H groups in total. The van der Waals surface area contributed by atoms with Gasteiger partial charge >= 0.3 is 0 Å². The number of tetrazole rings is 1. The van der Waals surface area contributed by atoms with Gasteiger partial charge in [0.05, 0.1) is 12.7 Å². The first-order chi connectivity index (χ1) is 16.1. The first-order valence-corrected chi connectivity index (χ1v) is 11.3. The quantitative estimate of drug-likeness (QED) is 0.375. The molecule has 0 aliphatic heterocycles. The lowest BCUT2D eigenvalue weighted by molar-refractivity contribution is 0.662. The Hall–Kier alpha value is -3.79. The van der Waals surface area contributed by atoms with E-state index < -0.39 is 0 Å². The first-order valence-electron chi connectivity index (χ1n) is 10.5. The fourth-order valence-electron chi connectivity index (χ4n) is 3.77. The molecule has 0 spiro atoms. The van der Waals surface area contributed by atoms with Crippen molar-refractivity contribution >= 4 is 27.1 Å². The van der Waals surface area contributed by atoms with Crippen LogP contribution in [0.5, 0.6) is 0 Å². The molecule has 2 aromatic carbocycles. The minimum atomic E-state index is -0.191. The largest absolute Gasteiger partial charge is 0.290 e. The SMILES string of the molecule is CCCc1nc2ncc(Br)nc2c(=O)n1Cc1ccc(-c2ccccc2-c2nn[nH]n2)cc1. The Bertz CT molecular complexity index is 1480. The molecule has 0 saturated heterocycles. The van der Waals surface area contributed by atoms with Crippen molar-refractivity contribution in [1.82, 2.24) is 40.1 Å². The van der Waals surface area contributed by atoms with Crippen LogP contribution < -0.4 is 5.56 Å². The number of benzene rings is 2. The Kier molecular flexibility index (Phi) is 5.74. The monoisotopic (exact) mass is 502 g/mol. The number of nitrogens with one attached hydrogen (secondary N) is 1. The molecule has 0 saturated carbocycles. The molecule has 0 bridgehead atoms. The molecule has 0 aliphatic carbocycles. The van der Waals surface area contributed by atoms with Crippen molar-refractivity contribution < 1.29 is 0 Å². The van der Waals surface area contributed by atoms with Crippen LogP contribution in [0.2, 0.25) is 0 Å². The van der Waals surface area contributed by atoms with Gasteiger partial charge in [0.1, 0.15) is 10.4 Å². The summed E-state index contributed by atoms with van der Waals surface area (Å²) in [6.45, 7) is 2.46. The van der Waals surface area contributed by atoms with Crippen LogP contribution in [-0.4, -0.2) is 40.1 Å². The molecule has 0 amide bonds. The molecule has 0 atom stereocenters. The number of hydrogen-bond donors (Lipinski definition) is 1. The summed E-state index contributed by atoms with van der Waals surface area (Å²) in [6.07, 6.45) is 3.10. The van der Waals surface area contributed by atoms with E-state index >= 15 is 0 Å². The Labute approximate surface area is 197 Å². The van der Waals surface area contributed by atoms with Crippen molar-refractivity contribution in [3.05, 3.63) is 81.1 Å². The molecule has 0 radical (unpaired) electrons. The molecule has 0 fully saturated rings. The number of rotatable bonds is 6. The molecule has 0 aliphatic rings. The van der Waals surface area contributed by atoms with Gasteiger partial charge in [0.2, 0.25) is 5.82 Å². The highest BCUT2D eigenvalue weighted by Crippen LogP contribution is 2.29. The summed E-state index contributed by atoms with van der Waals surface area (Å²) in [6, 6.07) is 16.0. The third-order valence-electron chi connectivity index (χ3n) is 5.31. The van der Waals surface area contributed by atoms with Crippen molar-refractivity contribution in [1.29, 1.82) is 0 Å². The molecule has 3 aromatic heterocycles. The Morgan fingerprint density at radius 3 is 2.55 bits per heavy atom. The molecular weight excluding hydrogens is 484 g/mol. The van der Waals surface area contributed by atoms with Crippen LogP contribution >= 0.6 is 15.9 Å². The minimum Gasteiger partial charge on any atom is -0.290 e. The van der Waals surface area contributed by atoms with Gasteiger partial charge in [0, 0.05) is 12.0 Å². The second kappa shape index (κ2) is 8.99. The van der Waals surface area contributed by atoms with Gasteiger partial charge in [0.25, 0.3) is 5.56 Å². The normalized spacial score (nSPS) is 11.2. The number of H-pyrrole nitrogens is 1. The maximum atomic E-state index is 13.2. The summed E-state index contributed by atoms with van der Waals surface area (Å²) >= 11 is 3.29. The summed E-state index contributed by atoms with van der Waals surface area (Å²) in [5, 5.41) is 14.4. The summed E-state index contributed by atoms with van der Waals surface area (Å²) in [5.41, 5.74) is 4.34. The van der Waals surface area contributed by atoms with E-state index in [1.165, 1.54) is 0 Å². The van der Waals surface area contributed by atoms with Gasteiger partial charge < -0.3 is 0 Å². The van der Waals surface area contributed by atoms with E-state index in [4.69, 9.17) is 0 Å². The van der Waals surface area contributed by atoms with Gasteiger partial charge in [-0.1, -0.05) is 55.5 Å². The number of aromatic nitrogens is 8. The van der Waals surface area contributed by atoms with Gasteiger partial charge in [-0.05, 0) is 44.3 Å². The van der Waals surface area contributed by atoms with E-state index in [1.807, 2.05) is 48.5 Å². The molecule has 3 heterocycles. The molecule has 9 nitrogen and oxygen atoms in total. The summed E-state index contributed by atoms with van der Waals surface area (Å²) in [4.78, 5) is 26.4. The molecule has 5 rings (SSSR count). The number of aromatic amines is 1. The predicted molar refractivity (Wildman–Crippen MR) is 127 cm³/mol. The average molecular weight is 503 g/mol. The van der Waals surface area contributed by atoms with E-state index in [0.29, 0.717) is 34.9 Å². The maximum absolute atomic E-state index is 13.2. The first kappa shape index (κ1) is 21.1. The van der Waals surface area contributed by atoms with Gasteiger partial charge in [-0.3, -0.25) is 9.36 Å². The summed E-state index contributed by atoms with van der Waals surface area (Å²) in [5.74, 6) is 1.25. The lowest BCUT2D eigenvalue weighted by Crippen LogP contribution is -2.27. The number of hydrogen-bond acceptors (Lipinski definition) is 7. The van der Waals surface area contributed by atoms with Crippen LogP contribution in [0.3, 0.4) is 0 Å². The van der Waals surface area contributed by atoms with Crippen molar-refractivity contribution in [3.8, 4) is 22.5 Å². The zero-order valence-electron chi connectivity index (χ0n) is 17.7. The van der Waals surface area contributed by atoms with E-state index in [2.05, 4.69) is 58.4 Å². The lowest BCUT2D eigenvalue weighted by atomic mass is 9.98. The van der Waals surface area contributed by atoms with Crippen LogP contribution in [0.1, 0.15) is 24.7 Å². The molecule has 5 aromatic rings. The van der Waals surface area contributed by atoms with E-state index in [-0.39, 0.29) is 11.1 Å². The fraction of sp³-hybridized carbons (Fsp3) is 0.174. The Morgan fingerprint density at radius 2 is 1.82 bits per heavy atom. The molecular formula is C23H19BrN8O. The fourth-order valence-corrected chi connectivity index (χ4v) is 4.05. The number of aryl methyl sites for hydroxylation is 1. The van der Waals surface area contributed by atoms with Crippen LogP contribution in [0.15, 0.2) is 64.1 Å². The zero-order valence-corrected chi connectivity index (χ0v) is 19.3. The summed E-state index contributed by atoms with van der Waals surface area (Å²) in [7, 11) is 0. The Balaban J connectivity index is 1.51. The standard InChI is InChI=1S/C23H19BrN8O/c1-2-5-19-27-22-20(26-18(24)12-25-22)23(33)32(19)13-14-8-10-15(11-9-14)16-6-3-4-7-17(16)21-28-30-31-29-21/h3-4,6-12H,2,5,13H2,1H3,(H,28,29,30,31). The average Bonchev–Trinajstić information content (AvgIpc) is 3.38. The second-order valence-corrected chi connectivity index (χ2v) is 8.32. The molecule has 33 heavy (non-hydrogen) atoms. The van der Waals surface area contributed by atoms with E-state index in [0.717, 1.165) is 28.7 Å². The third kappa shape index (κ3) is 4.17. The van der Waals surface area contributed by atoms with Gasteiger partial charge in [-0.15, -0.1) is 10.2 Å². The van der Waals surface area contributed by atoms with Crippen LogP contribution in [0.4, 0.5) is 0 Å². The van der Waals surface area contributed by atoms with Gasteiger partial charge in [-0.2, -0.15) is 5.21 Å². The second-order valence-electron chi connectivity index (χ2n) is 7.51. The zero-order chi connectivity index (χ0) is 22.8. The maximum Gasteiger partial charge on any atom is 0.282 e. The van der Waals surface area contributed by atoms with Crippen LogP contribution in [0, 0.1) is 0 Å².